The molecule has 0 spiro atoms. The maximum atomic E-state index is 11.3. The van der Waals surface area contributed by atoms with Gasteiger partial charge in [0.2, 0.25) is 0 Å². The first-order valence-electron chi connectivity index (χ1n) is 4.53. The summed E-state index contributed by atoms with van der Waals surface area (Å²) in [6.45, 7) is 1.94. The normalized spacial score (nSPS) is 12.8. The van der Waals surface area contributed by atoms with Crippen molar-refractivity contribution in [3.8, 4) is 0 Å². The summed E-state index contributed by atoms with van der Waals surface area (Å²) in [6, 6.07) is 1.79. The number of thiophene rings is 1. The lowest BCUT2D eigenvalue weighted by molar-refractivity contribution is -0.120. The van der Waals surface area contributed by atoms with Crippen LogP contribution in [0, 0.1) is 0 Å². The number of rotatable bonds is 5. The minimum absolute atomic E-state index is 0.175. The minimum atomic E-state index is -0.265. The topological polar surface area (TPSA) is 43.1 Å². The summed E-state index contributed by atoms with van der Waals surface area (Å²) in [5.41, 5.74) is 6.85. The van der Waals surface area contributed by atoms with Crippen molar-refractivity contribution in [2.24, 2.45) is 5.73 Å². The Bertz CT molecular complexity index is 256. The highest BCUT2D eigenvalue weighted by Crippen LogP contribution is 2.09. The van der Waals surface area contributed by atoms with Crippen molar-refractivity contribution in [3.05, 3.63) is 22.4 Å². The van der Waals surface area contributed by atoms with Crippen LogP contribution >= 0.6 is 11.3 Å². The van der Waals surface area contributed by atoms with Gasteiger partial charge in [0.25, 0.3) is 0 Å². The Morgan fingerprint density at radius 3 is 3.00 bits per heavy atom. The zero-order valence-corrected chi connectivity index (χ0v) is 8.64. The number of carbonyl (C=O) groups is 1. The Morgan fingerprint density at radius 1 is 1.69 bits per heavy atom. The number of Topliss-reactive ketones (excluding diaryl/α,β-unsaturated/α-hetero) is 1. The largest absolute Gasteiger partial charge is 0.322 e. The minimum Gasteiger partial charge on any atom is -0.322 e. The molecule has 0 saturated carbocycles. The standard InChI is InChI=1S/C10H15NOS/c1-2-9(11)10(12)4-3-8-5-6-13-7-8/h5-7,9H,2-4,11H2,1H3. The number of hydrogen-bond acceptors (Lipinski definition) is 3. The third kappa shape index (κ3) is 3.28. The van der Waals surface area contributed by atoms with Crippen LogP contribution in [-0.2, 0) is 11.2 Å². The SMILES string of the molecule is CCC(N)C(=O)CCc1ccsc1. The average molecular weight is 197 g/mol. The zero-order valence-electron chi connectivity index (χ0n) is 7.82. The highest BCUT2D eigenvalue weighted by atomic mass is 32.1. The van der Waals surface area contributed by atoms with Crippen LogP contribution < -0.4 is 5.73 Å². The van der Waals surface area contributed by atoms with Crippen molar-refractivity contribution < 1.29 is 4.79 Å². The molecular weight excluding hydrogens is 182 g/mol. The van der Waals surface area contributed by atoms with Gasteiger partial charge in [-0.05, 0) is 35.2 Å². The molecule has 1 atom stereocenters. The number of carbonyl (C=O) groups excluding carboxylic acids is 1. The number of hydrogen-bond donors (Lipinski definition) is 1. The molecule has 1 heterocycles. The Kier molecular flexibility index (Phi) is 4.12. The van der Waals surface area contributed by atoms with Gasteiger partial charge in [-0.2, -0.15) is 11.3 Å². The smallest absolute Gasteiger partial charge is 0.149 e. The molecule has 0 bridgehead atoms. The molecular formula is C10H15NOS. The quantitative estimate of drug-likeness (QED) is 0.784. The van der Waals surface area contributed by atoms with Crippen LogP contribution in [0.15, 0.2) is 16.8 Å². The lowest BCUT2D eigenvalue weighted by atomic mass is 10.0. The van der Waals surface area contributed by atoms with Crippen molar-refractivity contribution in [1.29, 1.82) is 0 Å². The fourth-order valence-corrected chi connectivity index (χ4v) is 1.82. The summed E-state index contributed by atoms with van der Waals surface area (Å²) in [7, 11) is 0. The molecule has 1 aromatic heterocycles. The van der Waals surface area contributed by atoms with Gasteiger partial charge in [-0.15, -0.1) is 0 Å². The molecule has 0 saturated heterocycles. The highest BCUT2D eigenvalue weighted by Gasteiger charge is 2.10. The fourth-order valence-electron chi connectivity index (χ4n) is 1.12. The maximum Gasteiger partial charge on any atom is 0.149 e. The monoisotopic (exact) mass is 197 g/mol. The van der Waals surface area contributed by atoms with E-state index in [1.54, 1.807) is 11.3 Å². The van der Waals surface area contributed by atoms with Crippen LogP contribution in [0.3, 0.4) is 0 Å². The third-order valence-corrected chi connectivity index (χ3v) is 2.83. The van der Waals surface area contributed by atoms with Gasteiger partial charge in [-0.1, -0.05) is 6.92 Å². The summed E-state index contributed by atoms with van der Waals surface area (Å²) >= 11 is 1.66. The average Bonchev–Trinajstić information content (AvgIpc) is 2.65. The molecule has 0 amide bonds. The molecule has 0 fully saturated rings. The Hall–Kier alpha value is -0.670. The van der Waals surface area contributed by atoms with Crippen LogP contribution in [-0.4, -0.2) is 11.8 Å². The summed E-state index contributed by atoms with van der Waals surface area (Å²) in [5.74, 6) is 0.175. The second-order valence-electron chi connectivity index (χ2n) is 3.11. The van der Waals surface area contributed by atoms with Crippen LogP contribution in [0.4, 0.5) is 0 Å². The first-order chi connectivity index (χ1) is 6.24. The summed E-state index contributed by atoms with van der Waals surface area (Å²) < 4.78 is 0. The predicted molar refractivity (Wildman–Crippen MR) is 55.9 cm³/mol. The molecule has 72 valence electrons. The van der Waals surface area contributed by atoms with Gasteiger partial charge in [-0.25, -0.2) is 0 Å². The van der Waals surface area contributed by atoms with Crippen molar-refractivity contribution in [2.75, 3.05) is 0 Å². The van der Waals surface area contributed by atoms with E-state index in [0.717, 1.165) is 12.8 Å². The number of nitrogens with two attached hydrogens (primary N) is 1. The second kappa shape index (κ2) is 5.14. The van der Waals surface area contributed by atoms with Gasteiger partial charge in [-0.3, -0.25) is 4.79 Å². The van der Waals surface area contributed by atoms with Crippen LogP contribution in [0.1, 0.15) is 25.3 Å². The summed E-state index contributed by atoms with van der Waals surface area (Å²) in [6.07, 6.45) is 2.14. The van der Waals surface area contributed by atoms with Gasteiger partial charge in [0, 0.05) is 6.42 Å². The van der Waals surface area contributed by atoms with E-state index in [-0.39, 0.29) is 11.8 Å². The molecule has 1 rings (SSSR count). The number of ketones is 1. The van der Waals surface area contributed by atoms with Crippen molar-refractivity contribution in [2.45, 2.75) is 32.2 Å². The molecule has 1 aromatic rings. The van der Waals surface area contributed by atoms with E-state index in [4.69, 9.17) is 5.73 Å². The third-order valence-electron chi connectivity index (χ3n) is 2.09. The van der Waals surface area contributed by atoms with E-state index in [2.05, 4.69) is 11.4 Å². The van der Waals surface area contributed by atoms with E-state index in [0.29, 0.717) is 6.42 Å². The summed E-state index contributed by atoms with van der Waals surface area (Å²) in [4.78, 5) is 11.3. The molecule has 13 heavy (non-hydrogen) atoms. The van der Waals surface area contributed by atoms with Gasteiger partial charge >= 0.3 is 0 Å². The molecule has 1 unspecified atom stereocenters. The second-order valence-corrected chi connectivity index (χ2v) is 3.89. The van der Waals surface area contributed by atoms with Gasteiger partial charge in [0.1, 0.15) is 5.78 Å². The van der Waals surface area contributed by atoms with Crippen molar-refractivity contribution in [1.82, 2.24) is 0 Å². The van der Waals surface area contributed by atoms with Crippen LogP contribution in [0.25, 0.3) is 0 Å². The van der Waals surface area contributed by atoms with Crippen LogP contribution in [0.2, 0.25) is 0 Å². The molecule has 3 heteroatoms. The molecule has 0 aliphatic carbocycles. The molecule has 2 nitrogen and oxygen atoms in total. The van der Waals surface area contributed by atoms with Gasteiger partial charge in [0.15, 0.2) is 0 Å². The van der Waals surface area contributed by atoms with Crippen molar-refractivity contribution in [3.63, 3.8) is 0 Å². The number of aryl methyl sites for hydroxylation is 1. The van der Waals surface area contributed by atoms with E-state index in [1.165, 1.54) is 5.56 Å². The van der Waals surface area contributed by atoms with Gasteiger partial charge in [0.05, 0.1) is 6.04 Å². The van der Waals surface area contributed by atoms with Crippen molar-refractivity contribution >= 4 is 17.1 Å². The highest BCUT2D eigenvalue weighted by molar-refractivity contribution is 7.07. The molecule has 0 aliphatic heterocycles. The lowest BCUT2D eigenvalue weighted by Crippen LogP contribution is -2.29. The van der Waals surface area contributed by atoms with E-state index >= 15 is 0 Å². The van der Waals surface area contributed by atoms with Gasteiger partial charge < -0.3 is 5.73 Å². The van der Waals surface area contributed by atoms with E-state index < -0.39 is 0 Å². The molecule has 0 radical (unpaired) electrons. The molecule has 0 aliphatic rings. The summed E-state index contributed by atoms with van der Waals surface area (Å²) in [5, 5.41) is 4.10. The molecule has 2 N–H and O–H groups in total. The lowest BCUT2D eigenvalue weighted by Gasteiger charge is -2.05. The molecule has 0 aromatic carbocycles. The Morgan fingerprint density at radius 2 is 2.46 bits per heavy atom. The first-order valence-corrected chi connectivity index (χ1v) is 5.47. The van der Waals surface area contributed by atoms with Crippen LogP contribution in [0.5, 0.6) is 0 Å². The maximum absolute atomic E-state index is 11.3. The first kappa shape index (κ1) is 10.4. The van der Waals surface area contributed by atoms with E-state index in [9.17, 15) is 4.79 Å². The predicted octanol–water partition coefficient (Wildman–Crippen LogP) is 1.99. The Balaban J connectivity index is 2.31. The fraction of sp³-hybridized carbons (Fsp3) is 0.500. The Labute approximate surface area is 82.8 Å². The zero-order chi connectivity index (χ0) is 9.68. The van der Waals surface area contributed by atoms with E-state index in [1.807, 2.05) is 12.3 Å².